The van der Waals surface area contributed by atoms with Crippen molar-refractivity contribution in [1.29, 1.82) is 0 Å². The van der Waals surface area contributed by atoms with Crippen LogP contribution in [0.4, 0.5) is 13.2 Å². The molecule has 0 spiro atoms. The predicted octanol–water partition coefficient (Wildman–Crippen LogP) is 0.493. The van der Waals surface area contributed by atoms with Crippen molar-refractivity contribution in [2.24, 2.45) is 10.9 Å². The van der Waals surface area contributed by atoms with Crippen LogP contribution in [0, 0.1) is 0 Å². The first-order valence-electron chi connectivity index (χ1n) is 1.37. The summed E-state index contributed by atoms with van der Waals surface area (Å²) in [5, 5.41) is 2.26. The molecule has 0 bridgehead atoms. The Morgan fingerprint density at radius 2 is 1.86 bits per heavy atom. The van der Waals surface area contributed by atoms with Crippen molar-refractivity contribution < 1.29 is 13.2 Å². The Balaban J connectivity index is 3.56. The van der Waals surface area contributed by atoms with Crippen molar-refractivity contribution in [3.05, 3.63) is 0 Å². The third-order valence-corrected chi connectivity index (χ3v) is 0.221. The summed E-state index contributed by atoms with van der Waals surface area (Å²) in [4.78, 5) is 0. The normalized spacial score (nSPS) is 13.0. The van der Waals surface area contributed by atoms with Gasteiger partial charge in [-0.25, -0.2) is 0 Å². The lowest BCUT2D eigenvalue weighted by atomic mass is 10.7. The maximum atomic E-state index is 10.8. The van der Waals surface area contributed by atoms with Crippen LogP contribution in [0.1, 0.15) is 0 Å². The number of hydrazone groups is 1. The van der Waals surface area contributed by atoms with E-state index in [0.29, 0.717) is 0 Å². The molecular formula is C2H3F3N2. The summed E-state index contributed by atoms with van der Waals surface area (Å²) in [5.41, 5.74) is 0. The van der Waals surface area contributed by atoms with Gasteiger partial charge in [0.1, 0.15) is 6.21 Å². The minimum Gasteiger partial charge on any atom is -0.323 e. The highest BCUT2D eigenvalue weighted by atomic mass is 19.4. The number of halogens is 3. The standard InChI is InChI=1S/C2H3F3N2/c3-2(4,5)1-7-6/h1H,6H2. The second-order valence-electron chi connectivity index (χ2n) is 0.820. The van der Waals surface area contributed by atoms with Gasteiger partial charge in [0.25, 0.3) is 0 Å². The van der Waals surface area contributed by atoms with Crippen LogP contribution < -0.4 is 5.84 Å². The lowest BCUT2D eigenvalue weighted by molar-refractivity contribution is -0.0537. The van der Waals surface area contributed by atoms with Crippen LogP contribution >= 0.6 is 0 Å². The van der Waals surface area contributed by atoms with E-state index in [2.05, 4.69) is 10.9 Å². The smallest absolute Gasteiger partial charge is 0.323 e. The third kappa shape index (κ3) is 5.26. The molecule has 0 amide bonds. The number of nitrogens with zero attached hydrogens (tertiary/aromatic N) is 1. The predicted molar refractivity (Wildman–Crippen MR) is 18.7 cm³/mol. The molecule has 0 aromatic carbocycles. The molecule has 5 heteroatoms. The molecule has 0 saturated carbocycles. The van der Waals surface area contributed by atoms with Gasteiger partial charge in [0, 0.05) is 0 Å². The van der Waals surface area contributed by atoms with Gasteiger partial charge in [-0.15, -0.1) is 0 Å². The Bertz CT molecular complexity index is 73.5. The van der Waals surface area contributed by atoms with Crippen LogP contribution in [0.15, 0.2) is 5.10 Å². The Kier molecular flexibility index (Phi) is 1.62. The van der Waals surface area contributed by atoms with E-state index in [-0.39, 0.29) is 6.21 Å². The van der Waals surface area contributed by atoms with E-state index in [1.54, 1.807) is 0 Å². The summed E-state index contributed by atoms with van der Waals surface area (Å²) in [6.45, 7) is 0. The summed E-state index contributed by atoms with van der Waals surface area (Å²) in [6.07, 6.45) is -4.65. The Labute approximate surface area is 37.8 Å². The van der Waals surface area contributed by atoms with E-state index in [4.69, 9.17) is 0 Å². The number of alkyl halides is 3. The Morgan fingerprint density at radius 3 is 1.86 bits per heavy atom. The van der Waals surface area contributed by atoms with Crippen molar-refractivity contribution in [3.63, 3.8) is 0 Å². The third-order valence-electron chi connectivity index (χ3n) is 0.221. The Hall–Kier alpha value is -0.740. The van der Waals surface area contributed by atoms with Gasteiger partial charge in [0.15, 0.2) is 0 Å². The summed E-state index contributed by atoms with van der Waals surface area (Å²) < 4.78 is 32.5. The maximum Gasteiger partial charge on any atom is 0.428 e. The molecule has 2 N–H and O–H groups in total. The minimum atomic E-state index is -4.37. The van der Waals surface area contributed by atoms with Crippen LogP contribution in [0.25, 0.3) is 0 Å². The second-order valence-corrected chi connectivity index (χ2v) is 0.820. The molecule has 0 fully saturated rings. The SMILES string of the molecule is NN=CC(F)(F)F. The molecular weight excluding hydrogens is 109 g/mol. The quantitative estimate of drug-likeness (QED) is 0.276. The zero-order chi connectivity index (χ0) is 5.91. The average Bonchev–Trinajstić information content (AvgIpc) is 1.30. The first kappa shape index (κ1) is 6.26. The zero-order valence-electron chi connectivity index (χ0n) is 3.24. The van der Waals surface area contributed by atoms with Crippen LogP contribution in [-0.2, 0) is 0 Å². The van der Waals surface area contributed by atoms with Crippen molar-refractivity contribution >= 4 is 6.21 Å². The minimum absolute atomic E-state index is 0.285. The number of rotatable bonds is 0. The van der Waals surface area contributed by atoms with E-state index in [1.807, 2.05) is 0 Å². The molecule has 0 unspecified atom stereocenters. The Morgan fingerprint density at radius 1 is 1.43 bits per heavy atom. The average molecular weight is 112 g/mol. The van der Waals surface area contributed by atoms with Gasteiger partial charge in [-0.05, 0) is 0 Å². The van der Waals surface area contributed by atoms with Gasteiger partial charge in [-0.3, -0.25) is 0 Å². The highest BCUT2D eigenvalue weighted by Gasteiger charge is 2.23. The molecule has 0 aromatic rings. The topological polar surface area (TPSA) is 38.4 Å². The van der Waals surface area contributed by atoms with Crippen LogP contribution in [0.2, 0.25) is 0 Å². The lowest BCUT2D eigenvalue weighted by Crippen LogP contribution is -2.09. The molecule has 0 saturated heterocycles. The molecule has 0 aromatic heterocycles. The van der Waals surface area contributed by atoms with E-state index in [1.165, 1.54) is 0 Å². The first-order chi connectivity index (χ1) is 3.06. The van der Waals surface area contributed by atoms with Crippen LogP contribution in [-0.4, -0.2) is 12.4 Å². The van der Waals surface area contributed by atoms with Gasteiger partial charge in [-0.2, -0.15) is 18.3 Å². The molecule has 0 atom stereocenters. The van der Waals surface area contributed by atoms with Crippen LogP contribution in [0.3, 0.4) is 0 Å². The maximum absolute atomic E-state index is 10.8. The van der Waals surface area contributed by atoms with Crippen molar-refractivity contribution in [3.8, 4) is 0 Å². The molecule has 7 heavy (non-hydrogen) atoms. The molecule has 0 aliphatic heterocycles. The van der Waals surface area contributed by atoms with Crippen molar-refractivity contribution in [1.82, 2.24) is 0 Å². The molecule has 0 heterocycles. The zero-order valence-corrected chi connectivity index (χ0v) is 3.24. The number of hydrogen-bond donors (Lipinski definition) is 1. The molecule has 0 aliphatic rings. The van der Waals surface area contributed by atoms with E-state index in [9.17, 15) is 13.2 Å². The van der Waals surface area contributed by atoms with Crippen molar-refractivity contribution in [2.45, 2.75) is 6.18 Å². The number of nitrogens with two attached hydrogens (primary N) is 1. The van der Waals surface area contributed by atoms with Gasteiger partial charge < -0.3 is 5.84 Å². The molecule has 42 valence electrons. The summed E-state index contributed by atoms with van der Waals surface area (Å²) in [5.74, 6) is 4.16. The second kappa shape index (κ2) is 1.81. The van der Waals surface area contributed by atoms with Crippen LogP contribution in [0.5, 0.6) is 0 Å². The monoisotopic (exact) mass is 112 g/mol. The highest BCUT2D eigenvalue weighted by molar-refractivity contribution is 5.63. The lowest BCUT2D eigenvalue weighted by Gasteiger charge is -1.91. The fourth-order valence-corrected chi connectivity index (χ4v) is 0.0845. The largest absolute Gasteiger partial charge is 0.428 e. The van der Waals surface area contributed by atoms with E-state index in [0.717, 1.165) is 0 Å². The number of hydrogen-bond acceptors (Lipinski definition) is 2. The first-order valence-corrected chi connectivity index (χ1v) is 1.37. The fraction of sp³-hybridized carbons (Fsp3) is 0.500. The van der Waals surface area contributed by atoms with Gasteiger partial charge in [0.05, 0.1) is 0 Å². The van der Waals surface area contributed by atoms with E-state index < -0.39 is 6.18 Å². The van der Waals surface area contributed by atoms with Gasteiger partial charge >= 0.3 is 6.18 Å². The summed E-state index contributed by atoms with van der Waals surface area (Å²) >= 11 is 0. The molecule has 0 radical (unpaired) electrons. The fourth-order valence-electron chi connectivity index (χ4n) is 0.0845. The van der Waals surface area contributed by atoms with E-state index >= 15 is 0 Å². The summed E-state index contributed by atoms with van der Waals surface area (Å²) in [7, 11) is 0. The molecule has 0 rings (SSSR count). The highest BCUT2D eigenvalue weighted by Crippen LogP contribution is 2.09. The molecule has 0 aliphatic carbocycles. The van der Waals surface area contributed by atoms with Crippen molar-refractivity contribution in [2.75, 3.05) is 0 Å². The summed E-state index contributed by atoms with van der Waals surface area (Å²) in [6, 6.07) is 0. The molecule has 2 nitrogen and oxygen atoms in total. The van der Waals surface area contributed by atoms with Gasteiger partial charge in [-0.1, -0.05) is 0 Å². The van der Waals surface area contributed by atoms with Gasteiger partial charge in [0.2, 0.25) is 0 Å².